The van der Waals surface area contributed by atoms with Crippen LogP contribution in [0.5, 0.6) is 0 Å². The molecule has 0 unspecified atom stereocenters. The summed E-state index contributed by atoms with van der Waals surface area (Å²) in [4.78, 5) is 22.9. The minimum atomic E-state index is -0.452. The topological polar surface area (TPSA) is 104 Å². The number of primary amides is 1. The van der Waals surface area contributed by atoms with Crippen molar-refractivity contribution in [3.05, 3.63) is 35.4 Å². The first-order chi connectivity index (χ1) is 10.5. The first-order valence-electron chi connectivity index (χ1n) is 7.66. The molecule has 2 rings (SSSR count). The minimum Gasteiger partial charge on any atom is -0.393 e. The Morgan fingerprint density at radius 3 is 2.64 bits per heavy atom. The van der Waals surface area contributed by atoms with Crippen molar-refractivity contribution < 1.29 is 14.7 Å². The molecule has 6 heteroatoms. The van der Waals surface area contributed by atoms with Gasteiger partial charge in [-0.05, 0) is 49.8 Å². The smallest absolute Gasteiger partial charge is 0.315 e. The lowest BCUT2D eigenvalue weighted by atomic mass is 9.93. The van der Waals surface area contributed by atoms with Gasteiger partial charge >= 0.3 is 6.03 Å². The van der Waals surface area contributed by atoms with E-state index in [1.165, 1.54) is 0 Å². The van der Waals surface area contributed by atoms with Crippen LogP contribution in [0.1, 0.15) is 41.6 Å². The predicted molar refractivity (Wildman–Crippen MR) is 83.5 cm³/mol. The number of hydrogen-bond acceptors (Lipinski definition) is 3. The Balaban J connectivity index is 1.70. The molecule has 0 atom stereocenters. The Morgan fingerprint density at radius 2 is 1.95 bits per heavy atom. The molecule has 0 aliphatic heterocycles. The van der Waals surface area contributed by atoms with Gasteiger partial charge in [0.05, 0.1) is 6.10 Å². The van der Waals surface area contributed by atoms with Crippen molar-refractivity contribution in [1.29, 1.82) is 0 Å². The van der Waals surface area contributed by atoms with E-state index in [0.717, 1.165) is 31.2 Å². The molecular weight excluding hydrogens is 282 g/mol. The zero-order valence-corrected chi connectivity index (χ0v) is 12.5. The van der Waals surface area contributed by atoms with Gasteiger partial charge in [-0.15, -0.1) is 0 Å². The molecule has 0 spiro atoms. The zero-order valence-electron chi connectivity index (χ0n) is 12.5. The number of hydrogen-bond donors (Lipinski definition) is 4. The predicted octanol–water partition coefficient (Wildman–Crippen LogP) is 0.931. The van der Waals surface area contributed by atoms with Gasteiger partial charge in [0.15, 0.2) is 0 Å². The van der Waals surface area contributed by atoms with Crippen LogP contribution >= 0.6 is 0 Å². The van der Waals surface area contributed by atoms with Crippen LogP contribution < -0.4 is 16.4 Å². The highest BCUT2D eigenvalue weighted by molar-refractivity contribution is 5.92. The van der Waals surface area contributed by atoms with E-state index < -0.39 is 5.91 Å². The number of urea groups is 1. The van der Waals surface area contributed by atoms with Crippen LogP contribution in [0.25, 0.3) is 0 Å². The van der Waals surface area contributed by atoms with Crippen molar-refractivity contribution in [2.45, 2.75) is 44.2 Å². The zero-order chi connectivity index (χ0) is 15.9. The van der Waals surface area contributed by atoms with Gasteiger partial charge in [-0.25, -0.2) is 4.79 Å². The van der Waals surface area contributed by atoms with Crippen LogP contribution in [0.4, 0.5) is 4.79 Å². The number of aliphatic hydroxyl groups excluding tert-OH is 1. The van der Waals surface area contributed by atoms with Crippen molar-refractivity contribution in [2.24, 2.45) is 5.73 Å². The molecule has 5 N–H and O–H groups in total. The molecular formula is C16H23N3O3. The monoisotopic (exact) mass is 305 g/mol. The van der Waals surface area contributed by atoms with Crippen LogP contribution in [0, 0.1) is 0 Å². The van der Waals surface area contributed by atoms with Crippen LogP contribution in [0.3, 0.4) is 0 Å². The largest absolute Gasteiger partial charge is 0.393 e. The van der Waals surface area contributed by atoms with Crippen molar-refractivity contribution in [1.82, 2.24) is 10.6 Å². The van der Waals surface area contributed by atoms with E-state index in [1.54, 1.807) is 18.2 Å². The number of nitrogens with two attached hydrogens (primary N) is 1. The van der Waals surface area contributed by atoms with Crippen LogP contribution in [-0.4, -0.2) is 35.7 Å². The Morgan fingerprint density at radius 1 is 1.23 bits per heavy atom. The molecule has 1 aromatic carbocycles. The molecule has 1 aromatic rings. The van der Waals surface area contributed by atoms with Crippen LogP contribution in [-0.2, 0) is 6.42 Å². The molecule has 1 aliphatic rings. The summed E-state index contributed by atoms with van der Waals surface area (Å²) in [6, 6.07) is 7.04. The van der Waals surface area contributed by atoms with Crippen molar-refractivity contribution in [2.75, 3.05) is 6.54 Å². The molecule has 0 bridgehead atoms. The maximum atomic E-state index is 11.8. The maximum absolute atomic E-state index is 11.8. The summed E-state index contributed by atoms with van der Waals surface area (Å²) < 4.78 is 0. The lowest BCUT2D eigenvalue weighted by Crippen LogP contribution is -2.44. The third-order valence-corrected chi connectivity index (χ3v) is 3.94. The molecule has 120 valence electrons. The SMILES string of the molecule is NC(=O)c1cccc(CCNC(=O)NC2CCC(O)CC2)c1. The number of carbonyl (C=O) groups excluding carboxylic acids is 2. The van der Waals surface area contributed by atoms with Gasteiger partial charge in [-0.1, -0.05) is 12.1 Å². The van der Waals surface area contributed by atoms with Crippen LogP contribution in [0.2, 0.25) is 0 Å². The molecule has 1 fully saturated rings. The number of amides is 3. The van der Waals surface area contributed by atoms with E-state index in [-0.39, 0.29) is 18.2 Å². The average Bonchev–Trinajstić information content (AvgIpc) is 2.50. The van der Waals surface area contributed by atoms with Crippen molar-refractivity contribution >= 4 is 11.9 Å². The Hall–Kier alpha value is -2.08. The highest BCUT2D eigenvalue weighted by atomic mass is 16.3. The summed E-state index contributed by atoms with van der Waals surface area (Å²) in [7, 11) is 0. The Kier molecular flexibility index (Phi) is 5.77. The lowest BCUT2D eigenvalue weighted by molar-refractivity contribution is 0.1000. The third kappa shape index (κ3) is 5.04. The summed E-state index contributed by atoms with van der Waals surface area (Å²) in [5.74, 6) is -0.452. The highest BCUT2D eigenvalue weighted by Gasteiger charge is 2.20. The van der Waals surface area contributed by atoms with Gasteiger partial charge in [0.1, 0.15) is 0 Å². The van der Waals surface area contributed by atoms with E-state index in [2.05, 4.69) is 10.6 Å². The summed E-state index contributed by atoms with van der Waals surface area (Å²) in [5, 5.41) is 15.2. The fraction of sp³-hybridized carbons (Fsp3) is 0.500. The van der Waals surface area contributed by atoms with E-state index in [4.69, 9.17) is 5.73 Å². The van der Waals surface area contributed by atoms with E-state index in [1.807, 2.05) is 6.07 Å². The molecule has 0 aromatic heterocycles. The lowest BCUT2D eigenvalue weighted by Gasteiger charge is -2.26. The fourth-order valence-electron chi connectivity index (χ4n) is 2.66. The third-order valence-electron chi connectivity index (χ3n) is 3.94. The van der Waals surface area contributed by atoms with E-state index >= 15 is 0 Å². The first kappa shape index (κ1) is 16.3. The van der Waals surface area contributed by atoms with Crippen molar-refractivity contribution in [3.8, 4) is 0 Å². The normalized spacial score (nSPS) is 21.1. The van der Waals surface area contributed by atoms with Gasteiger partial charge < -0.3 is 21.5 Å². The maximum Gasteiger partial charge on any atom is 0.315 e. The highest BCUT2D eigenvalue weighted by Crippen LogP contribution is 2.18. The molecule has 1 saturated carbocycles. The molecule has 3 amide bonds. The quantitative estimate of drug-likeness (QED) is 0.650. The Bertz CT molecular complexity index is 525. The van der Waals surface area contributed by atoms with Gasteiger partial charge in [0.2, 0.25) is 5.91 Å². The van der Waals surface area contributed by atoms with Gasteiger partial charge in [0.25, 0.3) is 0 Å². The summed E-state index contributed by atoms with van der Waals surface area (Å²) in [5.41, 5.74) is 6.67. The second kappa shape index (κ2) is 7.79. The number of rotatable bonds is 5. The number of carbonyl (C=O) groups is 2. The van der Waals surface area contributed by atoms with E-state index in [9.17, 15) is 14.7 Å². The molecule has 22 heavy (non-hydrogen) atoms. The van der Waals surface area contributed by atoms with Gasteiger partial charge in [-0.2, -0.15) is 0 Å². The molecule has 1 aliphatic carbocycles. The molecule has 0 heterocycles. The first-order valence-corrected chi connectivity index (χ1v) is 7.66. The summed E-state index contributed by atoms with van der Waals surface area (Å²) in [6.07, 6.45) is 3.52. The number of nitrogens with one attached hydrogen (secondary N) is 2. The molecule has 0 saturated heterocycles. The number of benzene rings is 1. The number of aliphatic hydroxyl groups is 1. The second-order valence-corrected chi connectivity index (χ2v) is 5.72. The molecule has 0 radical (unpaired) electrons. The van der Waals surface area contributed by atoms with Gasteiger partial charge in [-0.3, -0.25) is 4.79 Å². The minimum absolute atomic E-state index is 0.140. The second-order valence-electron chi connectivity index (χ2n) is 5.72. The molecule has 6 nitrogen and oxygen atoms in total. The van der Waals surface area contributed by atoms with Crippen LogP contribution in [0.15, 0.2) is 24.3 Å². The fourth-order valence-corrected chi connectivity index (χ4v) is 2.66. The van der Waals surface area contributed by atoms with Gasteiger partial charge in [0, 0.05) is 18.2 Å². The van der Waals surface area contributed by atoms with Crippen molar-refractivity contribution in [3.63, 3.8) is 0 Å². The summed E-state index contributed by atoms with van der Waals surface area (Å²) >= 11 is 0. The van der Waals surface area contributed by atoms with E-state index in [0.29, 0.717) is 18.5 Å². The summed E-state index contributed by atoms with van der Waals surface area (Å²) in [6.45, 7) is 0.489. The standard InChI is InChI=1S/C16H23N3O3/c17-15(21)12-3-1-2-11(10-12)8-9-18-16(22)19-13-4-6-14(20)7-5-13/h1-3,10,13-14,20H,4-9H2,(H2,17,21)(H2,18,19,22). The average molecular weight is 305 g/mol. The Labute approximate surface area is 130 Å².